The summed E-state index contributed by atoms with van der Waals surface area (Å²) < 4.78 is 26.6. The Morgan fingerprint density at radius 2 is 2.00 bits per heavy atom. The Morgan fingerprint density at radius 3 is 2.69 bits per heavy atom. The molecule has 2 aliphatic rings. The van der Waals surface area contributed by atoms with Crippen molar-refractivity contribution in [3.8, 4) is 0 Å². The number of nitrogens with zero attached hydrogens (tertiary/aromatic N) is 3. The van der Waals surface area contributed by atoms with Gasteiger partial charge in [0.25, 0.3) is 0 Å². The highest BCUT2D eigenvalue weighted by Gasteiger charge is 2.26. The zero-order chi connectivity index (χ0) is 20.1. The Hall–Kier alpha value is -1.65. The van der Waals surface area contributed by atoms with Gasteiger partial charge in [-0.25, -0.2) is 8.78 Å². The van der Waals surface area contributed by atoms with Crippen molar-refractivity contribution < 1.29 is 13.6 Å². The quantitative estimate of drug-likeness (QED) is 0.355. The summed E-state index contributed by atoms with van der Waals surface area (Å²) in [6.07, 6.45) is 3.43. The van der Waals surface area contributed by atoms with Crippen LogP contribution >= 0.6 is 24.0 Å². The van der Waals surface area contributed by atoms with Crippen LogP contribution in [0.25, 0.3) is 0 Å². The topological polar surface area (TPSA) is 74.0 Å². The summed E-state index contributed by atoms with van der Waals surface area (Å²) >= 11 is 0. The number of hydrogen-bond acceptors (Lipinski definition) is 3. The molecule has 1 amide bonds. The van der Waals surface area contributed by atoms with Crippen LogP contribution in [0.2, 0.25) is 0 Å². The first-order chi connectivity index (χ1) is 13.5. The number of nitrogens with one attached hydrogen (secondary N) is 1. The number of nitrogens with two attached hydrogens (primary N) is 1. The number of anilines is 1. The minimum Gasteiger partial charge on any atom is -0.371 e. The average molecular weight is 521 g/mol. The van der Waals surface area contributed by atoms with Gasteiger partial charge in [-0.05, 0) is 43.2 Å². The second kappa shape index (κ2) is 10.9. The Labute approximate surface area is 187 Å². The first kappa shape index (κ1) is 23.6. The molecule has 1 aromatic rings. The molecule has 0 aromatic heterocycles. The first-order valence-electron chi connectivity index (χ1n) is 9.90. The maximum Gasteiger partial charge on any atom is 0.217 e. The third kappa shape index (κ3) is 6.42. The lowest BCUT2D eigenvalue weighted by Crippen LogP contribution is -2.48. The Morgan fingerprint density at radius 1 is 1.21 bits per heavy atom. The number of aliphatic imine (C=N–C) groups is 1. The van der Waals surface area contributed by atoms with E-state index in [4.69, 9.17) is 5.73 Å². The lowest BCUT2D eigenvalue weighted by molar-refractivity contribution is -0.119. The number of hydrogen-bond donors (Lipinski definition) is 2. The second-order valence-corrected chi connectivity index (χ2v) is 7.75. The minimum atomic E-state index is -0.818. The predicted molar refractivity (Wildman–Crippen MR) is 122 cm³/mol. The van der Waals surface area contributed by atoms with Crippen molar-refractivity contribution in [3.05, 3.63) is 29.8 Å². The highest BCUT2D eigenvalue weighted by Crippen LogP contribution is 2.25. The number of rotatable bonds is 5. The van der Waals surface area contributed by atoms with Gasteiger partial charge in [0, 0.05) is 57.9 Å². The third-order valence-corrected chi connectivity index (χ3v) is 5.62. The molecular formula is C20H30F2IN5O. The molecule has 0 radical (unpaired) electrons. The number of guanidine groups is 1. The van der Waals surface area contributed by atoms with Crippen molar-refractivity contribution in [1.29, 1.82) is 0 Å². The number of likely N-dealkylation sites (tertiary alicyclic amines) is 1. The maximum atomic E-state index is 13.5. The summed E-state index contributed by atoms with van der Waals surface area (Å²) in [5.41, 5.74) is 6.06. The fraction of sp³-hybridized carbons (Fsp3) is 0.600. The highest BCUT2D eigenvalue weighted by molar-refractivity contribution is 14.0. The molecule has 2 fully saturated rings. The second-order valence-electron chi connectivity index (χ2n) is 7.75. The molecule has 2 heterocycles. The number of primary amides is 1. The fourth-order valence-electron chi connectivity index (χ4n) is 4.19. The van der Waals surface area contributed by atoms with Crippen LogP contribution in [0.5, 0.6) is 0 Å². The molecule has 0 saturated carbocycles. The molecule has 29 heavy (non-hydrogen) atoms. The number of carbonyl (C=O) groups excluding carboxylic acids is 1. The van der Waals surface area contributed by atoms with Crippen molar-refractivity contribution in [2.24, 2.45) is 22.6 Å². The standard InChI is InChI=1S/C20H29F2N5O.HI/c1-24-20(27-7-2-3-14(12-27)9-19(23)28)25-11-15-6-8-26(13-15)16-4-5-17(21)18(22)10-16;/h4-5,10,14-15H,2-3,6-9,11-13H2,1H3,(H2,23,28)(H,24,25);1H. The van der Waals surface area contributed by atoms with E-state index in [0.717, 1.165) is 63.6 Å². The van der Waals surface area contributed by atoms with Crippen molar-refractivity contribution in [2.75, 3.05) is 44.7 Å². The van der Waals surface area contributed by atoms with Gasteiger partial charge < -0.3 is 20.9 Å². The summed E-state index contributed by atoms with van der Waals surface area (Å²) in [5.74, 6) is -0.356. The molecule has 2 atom stereocenters. The zero-order valence-electron chi connectivity index (χ0n) is 16.7. The molecule has 162 valence electrons. The summed E-state index contributed by atoms with van der Waals surface area (Å²) in [5, 5.41) is 3.45. The molecule has 0 spiro atoms. The Balaban J connectivity index is 0.00000300. The molecule has 1 aromatic carbocycles. The minimum absolute atomic E-state index is 0. The van der Waals surface area contributed by atoms with E-state index < -0.39 is 11.6 Å². The SMILES string of the molecule is CN=C(NCC1CCN(c2ccc(F)c(F)c2)C1)N1CCCC(CC(N)=O)C1.I. The molecule has 0 bridgehead atoms. The molecule has 2 aliphatic heterocycles. The number of halogens is 3. The fourth-order valence-corrected chi connectivity index (χ4v) is 4.19. The van der Waals surface area contributed by atoms with Crippen LogP contribution in [-0.2, 0) is 4.79 Å². The molecule has 3 rings (SSSR count). The van der Waals surface area contributed by atoms with Crippen molar-refractivity contribution in [1.82, 2.24) is 10.2 Å². The molecule has 0 aliphatic carbocycles. The molecule has 6 nitrogen and oxygen atoms in total. The molecule has 3 N–H and O–H groups in total. The van der Waals surface area contributed by atoms with E-state index in [1.165, 1.54) is 12.1 Å². The largest absolute Gasteiger partial charge is 0.371 e. The van der Waals surface area contributed by atoms with Gasteiger partial charge in [-0.2, -0.15) is 0 Å². The number of amides is 1. The van der Waals surface area contributed by atoms with E-state index in [1.54, 1.807) is 13.1 Å². The van der Waals surface area contributed by atoms with E-state index >= 15 is 0 Å². The number of benzene rings is 1. The van der Waals surface area contributed by atoms with E-state index in [0.29, 0.717) is 12.3 Å². The molecule has 2 unspecified atom stereocenters. The van der Waals surface area contributed by atoms with E-state index in [1.807, 2.05) is 0 Å². The predicted octanol–water partition coefficient (Wildman–Crippen LogP) is 2.57. The van der Waals surface area contributed by atoms with E-state index in [2.05, 4.69) is 20.1 Å². The highest BCUT2D eigenvalue weighted by atomic mass is 127. The van der Waals surface area contributed by atoms with Crippen molar-refractivity contribution >= 4 is 41.5 Å². The van der Waals surface area contributed by atoms with Gasteiger partial charge in [0.2, 0.25) is 5.91 Å². The normalized spacial score (nSPS) is 22.4. The number of piperidine rings is 1. The number of carbonyl (C=O) groups is 1. The van der Waals surface area contributed by atoms with Gasteiger partial charge in [-0.15, -0.1) is 24.0 Å². The lowest BCUT2D eigenvalue weighted by Gasteiger charge is -2.35. The van der Waals surface area contributed by atoms with Crippen LogP contribution in [0.3, 0.4) is 0 Å². The van der Waals surface area contributed by atoms with Crippen LogP contribution in [-0.4, -0.2) is 56.5 Å². The Bertz CT molecular complexity index is 733. The van der Waals surface area contributed by atoms with Crippen LogP contribution in [0, 0.1) is 23.5 Å². The van der Waals surface area contributed by atoms with E-state index in [-0.39, 0.29) is 35.8 Å². The molecular weight excluding hydrogens is 491 g/mol. The smallest absolute Gasteiger partial charge is 0.217 e. The summed E-state index contributed by atoms with van der Waals surface area (Å²) in [6, 6.07) is 4.06. The zero-order valence-corrected chi connectivity index (χ0v) is 19.1. The van der Waals surface area contributed by atoms with Crippen molar-refractivity contribution in [3.63, 3.8) is 0 Å². The van der Waals surface area contributed by atoms with Crippen LogP contribution in [0.1, 0.15) is 25.7 Å². The van der Waals surface area contributed by atoms with Crippen LogP contribution in [0.15, 0.2) is 23.2 Å². The van der Waals surface area contributed by atoms with Gasteiger partial charge in [0.15, 0.2) is 17.6 Å². The molecule has 9 heteroatoms. The van der Waals surface area contributed by atoms with Crippen LogP contribution < -0.4 is 16.0 Å². The maximum absolute atomic E-state index is 13.5. The lowest BCUT2D eigenvalue weighted by atomic mass is 9.95. The van der Waals surface area contributed by atoms with Gasteiger partial charge >= 0.3 is 0 Å². The monoisotopic (exact) mass is 521 g/mol. The van der Waals surface area contributed by atoms with Crippen LogP contribution in [0.4, 0.5) is 14.5 Å². The average Bonchev–Trinajstić information content (AvgIpc) is 3.13. The first-order valence-corrected chi connectivity index (χ1v) is 9.90. The summed E-state index contributed by atoms with van der Waals surface area (Å²) in [6.45, 7) is 4.08. The molecule has 2 saturated heterocycles. The third-order valence-electron chi connectivity index (χ3n) is 5.62. The van der Waals surface area contributed by atoms with Gasteiger partial charge in [0.1, 0.15) is 0 Å². The van der Waals surface area contributed by atoms with Gasteiger partial charge in [-0.1, -0.05) is 0 Å². The van der Waals surface area contributed by atoms with Crippen molar-refractivity contribution in [2.45, 2.75) is 25.7 Å². The Kier molecular flexibility index (Phi) is 8.91. The van der Waals surface area contributed by atoms with Gasteiger partial charge in [0.05, 0.1) is 0 Å². The summed E-state index contributed by atoms with van der Waals surface area (Å²) in [7, 11) is 1.77. The van der Waals surface area contributed by atoms with Gasteiger partial charge in [-0.3, -0.25) is 9.79 Å². The summed E-state index contributed by atoms with van der Waals surface area (Å²) in [4.78, 5) is 19.9. The van der Waals surface area contributed by atoms with E-state index in [9.17, 15) is 13.6 Å².